The summed E-state index contributed by atoms with van der Waals surface area (Å²) in [5.41, 5.74) is 2.00. The maximum absolute atomic E-state index is 10.6. The van der Waals surface area contributed by atoms with E-state index in [2.05, 4.69) is 41.8 Å². The van der Waals surface area contributed by atoms with Gasteiger partial charge < -0.3 is 0 Å². The molecule has 5 heteroatoms. The Labute approximate surface area is 109 Å². The number of halogens is 2. The summed E-state index contributed by atoms with van der Waals surface area (Å²) in [4.78, 5) is 19.2. The van der Waals surface area contributed by atoms with E-state index >= 15 is 0 Å². The van der Waals surface area contributed by atoms with E-state index in [0.29, 0.717) is 10.2 Å². The van der Waals surface area contributed by atoms with E-state index in [0.717, 1.165) is 22.3 Å². The fourth-order valence-corrected chi connectivity index (χ4v) is 1.99. The summed E-state index contributed by atoms with van der Waals surface area (Å²) in [6.07, 6.45) is 0.759. The van der Waals surface area contributed by atoms with Crippen molar-refractivity contribution in [3.8, 4) is 11.4 Å². The zero-order chi connectivity index (χ0) is 11.5. The monoisotopic (exact) mass is 340 g/mol. The van der Waals surface area contributed by atoms with Crippen molar-refractivity contribution in [2.75, 3.05) is 0 Å². The van der Waals surface area contributed by atoms with Crippen molar-refractivity contribution in [2.24, 2.45) is 0 Å². The molecule has 2 aromatic rings. The van der Waals surface area contributed by atoms with Gasteiger partial charge in [-0.3, -0.25) is 4.79 Å². The zero-order valence-corrected chi connectivity index (χ0v) is 11.2. The second-order valence-electron chi connectivity index (χ2n) is 3.04. The molecule has 0 saturated heterocycles. The van der Waals surface area contributed by atoms with E-state index in [1.165, 1.54) is 0 Å². The second-order valence-corrected chi connectivity index (χ2v) is 4.60. The molecule has 0 radical (unpaired) electrons. The number of aromatic nitrogens is 2. The first kappa shape index (κ1) is 11.4. The highest BCUT2D eigenvalue weighted by molar-refractivity contribution is 9.10. The summed E-state index contributed by atoms with van der Waals surface area (Å²) < 4.78 is 1.28. The van der Waals surface area contributed by atoms with Crippen LogP contribution in [0.15, 0.2) is 39.5 Å². The van der Waals surface area contributed by atoms with Gasteiger partial charge in [0.25, 0.3) is 0 Å². The summed E-state index contributed by atoms with van der Waals surface area (Å²) in [6, 6.07) is 9.07. The van der Waals surface area contributed by atoms with Gasteiger partial charge in [0.15, 0.2) is 6.29 Å². The van der Waals surface area contributed by atoms with Gasteiger partial charge in [-0.05, 0) is 56.1 Å². The van der Waals surface area contributed by atoms with Crippen LogP contribution in [0.4, 0.5) is 0 Å². The minimum atomic E-state index is 0.527. The van der Waals surface area contributed by atoms with Crippen molar-refractivity contribution in [1.29, 1.82) is 0 Å². The first-order valence-electron chi connectivity index (χ1n) is 4.45. The van der Waals surface area contributed by atoms with E-state index in [-0.39, 0.29) is 0 Å². The molecule has 0 unspecified atom stereocenters. The normalized spacial score (nSPS) is 10.1. The van der Waals surface area contributed by atoms with Gasteiger partial charge in [0.05, 0.1) is 11.4 Å². The summed E-state index contributed by atoms with van der Waals surface area (Å²) in [5.74, 6) is 0. The molecule has 2 heterocycles. The molecule has 0 fully saturated rings. The molecule has 3 nitrogen and oxygen atoms in total. The third kappa shape index (κ3) is 2.36. The second kappa shape index (κ2) is 4.84. The van der Waals surface area contributed by atoms with Crippen LogP contribution in [-0.2, 0) is 0 Å². The number of hydrogen-bond acceptors (Lipinski definition) is 3. The van der Waals surface area contributed by atoms with Crippen molar-refractivity contribution in [1.82, 2.24) is 9.97 Å². The highest BCUT2D eigenvalue weighted by atomic mass is 79.9. The molecule has 0 aliphatic carbocycles. The fraction of sp³-hybridized carbons (Fsp3) is 0. The smallest absolute Gasteiger partial charge is 0.152 e. The number of pyridine rings is 2. The predicted molar refractivity (Wildman–Crippen MR) is 68.3 cm³/mol. The maximum atomic E-state index is 10.6. The number of aldehydes is 1. The Morgan fingerprint density at radius 3 is 2.38 bits per heavy atom. The van der Waals surface area contributed by atoms with Crippen LogP contribution in [0.25, 0.3) is 11.4 Å². The molecule has 0 aliphatic heterocycles. The molecule has 0 aromatic carbocycles. The highest BCUT2D eigenvalue weighted by Gasteiger charge is 2.05. The topological polar surface area (TPSA) is 42.9 Å². The fourth-order valence-electron chi connectivity index (χ4n) is 1.23. The van der Waals surface area contributed by atoms with Crippen molar-refractivity contribution >= 4 is 38.1 Å². The van der Waals surface area contributed by atoms with Crippen LogP contribution < -0.4 is 0 Å². The number of carbonyl (C=O) groups is 1. The first-order chi connectivity index (χ1) is 7.70. The third-order valence-electron chi connectivity index (χ3n) is 1.98. The van der Waals surface area contributed by atoms with Crippen LogP contribution in [-0.4, -0.2) is 16.3 Å². The van der Waals surface area contributed by atoms with Gasteiger partial charge in [0.1, 0.15) is 9.21 Å². The minimum absolute atomic E-state index is 0.527. The lowest BCUT2D eigenvalue weighted by Crippen LogP contribution is -1.91. The van der Waals surface area contributed by atoms with E-state index in [9.17, 15) is 4.79 Å². The number of rotatable bonds is 2. The SMILES string of the molecule is O=Cc1ccc(-c2cccc(Br)n2)nc1Br. The Hall–Kier alpha value is -1.07. The Morgan fingerprint density at radius 1 is 1.00 bits per heavy atom. The number of hydrogen-bond donors (Lipinski definition) is 0. The molecule has 0 bridgehead atoms. The van der Waals surface area contributed by atoms with E-state index in [1.807, 2.05) is 18.2 Å². The van der Waals surface area contributed by atoms with Gasteiger partial charge in [-0.1, -0.05) is 6.07 Å². The van der Waals surface area contributed by atoms with Gasteiger partial charge >= 0.3 is 0 Å². The molecule has 16 heavy (non-hydrogen) atoms. The van der Waals surface area contributed by atoms with Crippen molar-refractivity contribution in [3.05, 3.63) is 45.1 Å². The molecule has 0 amide bonds. The molecule has 0 atom stereocenters. The standard InChI is InChI=1S/C11H6Br2N2O/c12-10-3-1-2-8(14-10)9-5-4-7(6-16)11(13)15-9/h1-6H. The summed E-state index contributed by atoms with van der Waals surface area (Å²) in [5, 5.41) is 0. The Kier molecular flexibility index (Phi) is 3.46. The molecule has 2 aromatic heterocycles. The summed E-state index contributed by atoms with van der Waals surface area (Å²) in [6.45, 7) is 0. The molecule has 0 saturated carbocycles. The highest BCUT2D eigenvalue weighted by Crippen LogP contribution is 2.21. The molecule has 0 spiro atoms. The average molecular weight is 342 g/mol. The van der Waals surface area contributed by atoms with Gasteiger partial charge in [-0.25, -0.2) is 9.97 Å². The van der Waals surface area contributed by atoms with Gasteiger partial charge in [0, 0.05) is 5.56 Å². The first-order valence-corrected chi connectivity index (χ1v) is 6.04. The van der Waals surface area contributed by atoms with Crippen LogP contribution in [0.1, 0.15) is 10.4 Å². The van der Waals surface area contributed by atoms with Gasteiger partial charge in [-0.15, -0.1) is 0 Å². The lowest BCUT2D eigenvalue weighted by atomic mass is 10.2. The van der Waals surface area contributed by atoms with E-state index in [4.69, 9.17) is 0 Å². The Bertz CT molecular complexity index is 543. The van der Waals surface area contributed by atoms with Crippen LogP contribution in [0.5, 0.6) is 0 Å². The quantitative estimate of drug-likeness (QED) is 0.620. The van der Waals surface area contributed by atoms with Crippen LogP contribution in [0, 0.1) is 0 Å². The number of carbonyl (C=O) groups excluding carboxylic acids is 1. The maximum Gasteiger partial charge on any atom is 0.152 e. The molecule has 80 valence electrons. The van der Waals surface area contributed by atoms with E-state index < -0.39 is 0 Å². The summed E-state index contributed by atoms with van der Waals surface area (Å²) in [7, 11) is 0. The van der Waals surface area contributed by atoms with Gasteiger partial charge in [-0.2, -0.15) is 0 Å². The Balaban J connectivity index is 2.49. The van der Waals surface area contributed by atoms with Crippen molar-refractivity contribution < 1.29 is 4.79 Å². The van der Waals surface area contributed by atoms with Crippen LogP contribution in [0.3, 0.4) is 0 Å². The third-order valence-corrected chi connectivity index (χ3v) is 3.06. The van der Waals surface area contributed by atoms with Crippen molar-refractivity contribution in [2.45, 2.75) is 0 Å². The zero-order valence-electron chi connectivity index (χ0n) is 8.02. The minimum Gasteiger partial charge on any atom is -0.298 e. The van der Waals surface area contributed by atoms with Gasteiger partial charge in [0.2, 0.25) is 0 Å². The summed E-state index contributed by atoms with van der Waals surface area (Å²) >= 11 is 6.54. The molecular weight excluding hydrogens is 336 g/mol. The number of nitrogens with zero attached hydrogens (tertiary/aromatic N) is 2. The Morgan fingerprint density at radius 2 is 1.75 bits per heavy atom. The lowest BCUT2D eigenvalue weighted by Gasteiger charge is -2.02. The predicted octanol–water partition coefficient (Wildman–Crippen LogP) is 3.48. The van der Waals surface area contributed by atoms with E-state index in [1.54, 1.807) is 12.1 Å². The van der Waals surface area contributed by atoms with Crippen LogP contribution in [0.2, 0.25) is 0 Å². The van der Waals surface area contributed by atoms with Crippen molar-refractivity contribution in [3.63, 3.8) is 0 Å². The van der Waals surface area contributed by atoms with Crippen LogP contribution >= 0.6 is 31.9 Å². The lowest BCUT2D eigenvalue weighted by molar-refractivity contribution is 0.112. The largest absolute Gasteiger partial charge is 0.298 e. The molecule has 2 rings (SSSR count). The molecule has 0 aliphatic rings. The molecule has 0 N–H and O–H groups in total. The average Bonchev–Trinajstić information content (AvgIpc) is 2.29. The molecular formula is C11H6Br2N2O.